The summed E-state index contributed by atoms with van der Waals surface area (Å²) in [7, 11) is 0. The third-order valence-electron chi connectivity index (χ3n) is 1.61. The number of hydrogen-bond acceptors (Lipinski definition) is 2. The first kappa shape index (κ1) is 13.3. The second-order valence-electron chi connectivity index (χ2n) is 2.36. The molecule has 74 valence electrons. The number of nitrogens with zero attached hydrogens (tertiary/aromatic N) is 2. The molecular formula is C7H9Br3N2O. The number of rotatable bonds is 2. The molecule has 0 aromatic carbocycles. The summed E-state index contributed by atoms with van der Waals surface area (Å²) in [6.45, 7) is 1.75. The second kappa shape index (κ2) is 5.93. The highest BCUT2D eigenvalue weighted by atomic mass is 79.9. The summed E-state index contributed by atoms with van der Waals surface area (Å²) in [5.74, 6) is 0.592. The summed E-state index contributed by atoms with van der Waals surface area (Å²) >= 11 is 6.63. The van der Waals surface area contributed by atoms with Crippen molar-refractivity contribution in [1.29, 1.82) is 0 Å². The van der Waals surface area contributed by atoms with Crippen LogP contribution in [0.4, 0.5) is 0 Å². The van der Waals surface area contributed by atoms with Gasteiger partial charge in [0, 0.05) is 12.3 Å². The molecule has 0 amide bonds. The van der Waals surface area contributed by atoms with Crippen LogP contribution in [-0.4, -0.2) is 10.2 Å². The molecule has 6 heteroatoms. The average molecular weight is 377 g/mol. The largest absolute Gasteiger partial charge is 1.00 e. The van der Waals surface area contributed by atoms with Crippen molar-refractivity contribution in [2.45, 2.75) is 17.6 Å². The minimum Gasteiger partial charge on any atom is -1.00 e. The van der Waals surface area contributed by atoms with Crippen LogP contribution in [0, 0.1) is 6.92 Å². The molecule has 0 aliphatic rings. The Morgan fingerprint density at radius 2 is 2.08 bits per heavy atom. The highest BCUT2D eigenvalue weighted by molar-refractivity contribution is 9.09. The molecule has 0 unspecified atom stereocenters. The summed E-state index contributed by atoms with van der Waals surface area (Å²) in [5, 5.41) is 10.8. The van der Waals surface area contributed by atoms with Gasteiger partial charge in [-0.2, -0.15) is 0 Å². The van der Waals surface area contributed by atoms with E-state index in [-0.39, 0.29) is 17.0 Å². The molecule has 1 aromatic heterocycles. The summed E-state index contributed by atoms with van der Waals surface area (Å²) in [5.41, 5.74) is 1.82. The van der Waals surface area contributed by atoms with Crippen molar-refractivity contribution in [3.05, 3.63) is 23.3 Å². The van der Waals surface area contributed by atoms with Gasteiger partial charge in [-0.1, -0.05) is 36.8 Å². The van der Waals surface area contributed by atoms with E-state index in [1.165, 1.54) is 0 Å². The Labute approximate surface area is 104 Å². The van der Waals surface area contributed by atoms with Crippen molar-refractivity contribution in [3.63, 3.8) is 0 Å². The van der Waals surface area contributed by atoms with Crippen molar-refractivity contribution in [3.8, 4) is 0 Å². The smallest absolute Gasteiger partial charge is 0.333 e. The fraction of sp³-hybridized carbons (Fsp3) is 0.429. The molecule has 1 aromatic rings. The summed E-state index contributed by atoms with van der Waals surface area (Å²) in [4.78, 5) is 4.02. The predicted octanol–water partition coefficient (Wildman–Crippen LogP) is -1.29. The lowest BCUT2D eigenvalue weighted by molar-refractivity contribution is -0.915. The molecule has 0 spiro atoms. The zero-order valence-corrected chi connectivity index (χ0v) is 11.7. The Morgan fingerprint density at radius 3 is 2.54 bits per heavy atom. The van der Waals surface area contributed by atoms with E-state index >= 15 is 0 Å². The van der Waals surface area contributed by atoms with E-state index in [1.807, 2.05) is 0 Å². The fourth-order valence-corrected chi connectivity index (χ4v) is 1.95. The zero-order valence-electron chi connectivity index (χ0n) is 6.97. The zero-order chi connectivity index (χ0) is 9.14. The van der Waals surface area contributed by atoms with Gasteiger partial charge in [0.25, 0.3) is 0 Å². The molecular weight excluding hydrogens is 368 g/mol. The van der Waals surface area contributed by atoms with Gasteiger partial charge in [0.05, 0.1) is 10.9 Å². The molecule has 1 rings (SSSR count). The van der Waals surface area contributed by atoms with E-state index in [0.29, 0.717) is 16.5 Å². The summed E-state index contributed by atoms with van der Waals surface area (Å²) in [6.07, 6.45) is 1.76. The first-order valence-electron chi connectivity index (χ1n) is 3.41. The lowest BCUT2D eigenvalue weighted by Gasteiger charge is -2.01. The van der Waals surface area contributed by atoms with Gasteiger partial charge in [-0.05, 0) is 4.73 Å². The van der Waals surface area contributed by atoms with Crippen LogP contribution < -0.4 is 21.7 Å². The van der Waals surface area contributed by atoms with E-state index in [9.17, 15) is 5.21 Å². The van der Waals surface area contributed by atoms with Crippen molar-refractivity contribution in [2.24, 2.45) is 0 Å². The van der Waals surface area contributed by atoms with Gasteiger partial charge in [-0.3, -0.25) is 0 Å². The predicted molar refractivity (Wildman–Crippen MR) is 51.6 cm³/mol. The van der Waals surface area contributed by atoms with E-state index in [0.717, 1.165) is 16.0 Å². The molecule has 0 aliphatic heterocycles. The molecule has 3 nitrogen and oxygen atoms in total. The van der Waals surface area contributed by atoms with Crippen LogP contribution in [0.15, 0.2) is 6.20 Å². The Bertz CT molecular complexity index is 293. The van der Waals surface area contributed by atoms with Gasteiger partial charge < -0.3 is 22.2 Å². The van der Waals surface area contributed by atoms with E-state index in [2.05, 4.69) is 36.8 Å². The first-order valence-corrected chi connectivity index (χ1v) is 5.65. The molecule has 1 N–H and O–H groups in total. The van der Waals surface area contributed by atoms with Gasteiger partial charge in [0.15, 0.2) is 5.69 Å². The number of alkyl halides is 2. The van der Waals surface area contributed by atoms with E-state index in [1.54, 1.807) is 13.1 Å². The molecule has 0 aliphatic carbocycles. The van der Waals surface area contributed by atoms with Crippen LogP contribution >= 0.6 is 31.9 Å². The first-order chi connectivity index (χ1) is 5.70. The fourth-order valence-electron chi connectivity index (χ4n) is 0.886. The number of aryl methyl sites for hydroxylation is 1. The topological polar surface area (TPSA) is 37.0 Å². The Hall–Kier alpha value is 0.320. The highest BCUT2D eigenvalue weighted by Crippen LogP contribution is 2.10. The maximum absolute atomic E-state index is 9.51. The average Bonchev–Trinajstić information content (AvgIpc) is 2.09. The van der Waals surface area contributed by atoms with Crippen LogP contribution in [0.25, 0.3) is 0 Å². The number of halogens is 3. The van der Waals surface area contributed by atoms with E-state index < -0.39 is 0 Å². The van der Waals surface area contributed by atoms with Gasteiger partial charge >= 0.3 is 5.82 Å². The van der Waals surface area contributed by atoms with Crippen molar-refractivity contribution in [1.82, 2.24) is 4.98 Å². The summed E-state index contributed by atoms with van der Waals surface area (Å²) in [6, 6.07) is 0. The maximum atomic E-state index is 9.51. The maximum Gasteiger partial charge on any atom is 0.333 e. The highest BCUT2D eigenvalue weighted by Gasteiger charge is 2.15. The van der Waals surface area contributed by atoms with Gasteiger partial charge in [0.2, 0.25) is 0 Å². The normalized spacial score (nSPS) is 9.46. The summed E-state index contributed by atoms with van der Waals surface area (Å²) < 4.78 is 1.10. The molecule has 0 atom stereocenters. The SMILES string of the molecule is Cc1ncc(CBr)c(CBr)[n+]1O.[Br-]. The van der Waals surface area contributed by atoms with Gasteiger partial charge in [0.1, 0.15) is 6.20 Å². The standard InChI is InChI=1S/C7H9Br2N2O.BrH/c1-5-10-4-6(2-8)7(3-9)11(5)12;/h4,12H,2-3H2,1H3;1H/q+1;/p-1. The quantitative estimate of drug-likeness (QED) is 0.396. The van der Waals surface area contributed by atoms with Crippen LogP contribution in [0.5, 0.6) is 0 Å². The molecule has 13 heavy (non-hydrogen) atoms. The minimum absolute atomic E-state index is 0. The van der Waals surface area contributed by atoms with Gasteiger partial charge in [-0.15, -0.1) is 0 Å². The van der Waals surface area contributed by atoms with Crippen LogP contribution in [-0.2, 0) is 10.7 Å². The van der Waals surface area contributed by atoms with Crippen molar-refractivity contribution < 1.29 is 26.9 Å². The second-order valence-corrected chi connectivity index (χ2v) is 3.48. The Balaban J connectivity index is 0.00000144. The minimum atomic E-state index is 0. The van der Waals surface area contributed by atoms with Crippen LogP contribution in [0.1, 0.15) is 17.1 Å². The third kappa shape index (κ3) is 2.89. The van der Waals surface area contributed by atoms with Crippen molar-refractivity contribution >= 4 is 31.9 Å². The monoisotopic (exact) mass is 374 g/mol. The lowest BCUT2D eigenvalue weighted by Crippen LogP contribution is -3.00. The molecule has 0 fully saturated rings. The number of aromatic nitrogens is 2. The van der Waals surface area contributed by atoms with Crippen LogP contribution in [0.3, 0.4) is 0 Å². The third-order valence-corrected chi connectivity index (χ3v) is 2.75. The van der Waals surface area contributed by atoms with Crippen LogP contribution in [0.2, 0.25) is 0 Å². The van der Waals surface area contributed by atoms with Crippen molar-refractivity contribution in [2.75, 3.05) is 0 Å². The molecule has 0 saturated heterocycles. The number of hydrogen-bond donors (Lipinski definition) is 1. The molecule has 0 saturated carbocycles. The van der Waals surface area contributed by atoms with E-state index in [4.69, 9.17) is 0 Å². The molecule has 0 bridgehead atoms. The van der Waals surface area contributed by atoms with Gasteiger partial charge in [-0.25, -0.2) is 0 Å². The molecule has 1 heterocycles. The lowest BCUT2D eigenvalue weighted by atomic mass is 10.3. The Kier molecular flexibility index (Phi) is 6.07. The Morgan fingerprint density at radius 1 is 1.46 bits per heavy atom. The molecule has 0 radical (unpaired) electrons.